The number of ether oxygens (including phenoxy) is 1. The highest BCUT2D eigenvalue weighted by Crippen LogP contribution is 2.64. The average molecular weight is 632 g/mol. The molecule has 1 aromatic rings. The maximum Gasteiger partial charge on any atom is 0.482 e. The van der Waals surface area contributed by atoms with E-state index in [-0.39, 0.29) is 46.4 Å². The van der Waals surface area contributed by atoms with Crippen molar-refractivity contribution in [3.05, 3.63) is 34.5 Å². The third kappa shape index (κ3) is 8.04. The molecule has 1 aromatic heterocycles. The summed E-state index contributed by atoms with van der Waals surface area (Å²) >= 11 is 1.58. The summed E-state index contributed by atoms with van der Waals surface area (Å²) in [5, 5.41) is 5.20. The van der Waals surface area contributed by atoms with Crippen LogP contribution in [0.3, 0.4) is 0 Å². The lowest BCUT2D eigenvalue weighted by atomic mass is 9.45. The van der Waals surface area contributed by atoms with Gasteiger partial charge in [-0.2, -0.15) is 0 Å². The van der Waals surface area contributed by atoms with Crippen molar-refractivity contribution in [1.82, 2.24) is 5.32 Å². The van der Waals surface area contributed by atoms with Gasteiger partial charge in [-0.15, -0.1) is 11.3 Å². The molecule has 2 heterocycles. The Morgan fingerprint density at radius 3 is 2.49 bits per heavy atom. The highest BCUT2D eigenvalue weighted by atomic mass is 32.1. The van der Waals surface area contributed by atoms with Crippen molar-refractivity contribution < 1.29 is 28.1 Å². The summed E-state index contributed by atoms with van der Waals surface area (Å²) in [6, 6.07) is 3.94. The number of thiophene rings is 1. The first-order valence-electron chi connectivity index (χ1n) is 15.9. The molecule has 6 atom stereocenters. The van der Waals surface area contributed by atoms with Gasteiger partial charge in [0.1, 0.15) is 5.60 Å². The SMILES string of the molecule is CC(C)(C)OC(=O)CC(/C=C\C[C@@H](NC(=O)Cc1cccs1)B1O[C@@H]2[C@@H]3C[C@H](C[C@]2(C)O1)C3(C)C)O[Si](C)(C)C(C)(C)C. The Labute approximate surface area is 265 Å². The molecule has 240 valence electrons. The van der Waals surface area contributed by atoms with Gasteiger partial charge in [-0.25, -0.2) is 0 Å². The number of carbonyl (C=O) groups excluding carboxylic acids is 2. The number of hydrogen-bond donors (Lipinski definition) is 1. The van der Waals surface area contributed by atoms with E-state index in [2.05, 4.69) is 60.0 Å². The largest absolute Gasteiger partial charge is 0.482 e. The summed E-state index contributed by atoms with van der Waals surface area (Å²) in [6.45, 7) is 23.4. The van der Waals surface area contributed by atoms with Crippen molar-refractivity contribution in [3.63, 3.8) is 0 Å². The molecular formula is C33H54BNO6SSi. The second-order valence-corrected chi connectivity index (χ2v) is 22.0. The van der Waals surface area contributed by atoms with Crippen LogP contribution in [-0.2, 0) is 34.5 Å². The normalized spacial score (nSPS) is 28.3. The zero-order valence-electron chi connectivity index (χ0n) is 28.2. The smallest absolute Gasteiger partial charge is 0.460 e. The number of rotatable bonds is 11. The number of esters is 1. The number of carbonyl (C=O) groups is 2. The molecule has 0 radical (unpaired) electrons. The van der Waals surface area contributed by atoms with Crippen molar-refractivity contribution in [2.45, 2.75) is 142 Å². The van der Waals surface area contributed by atoms with Crippen LogP contribution in [0.1, 0.15) is 92.9 Å². The van der Waals surface area contributed by atoms with Gasteiger partial charge in [0.05, 0.1) is 36.6 Å². The second-order valence-electron chi connectivity index (χ2n) is 16.2. The van der Waals surface area contributed by atoms with E-state index in [1.54, 1.807) is 11.3 Å². The molecule has 7 nitrogen and oxygen atoms in total. The third-order valence-electron chi connectivity index (χ3n) is 10.2. The summed E-state index contributed by atoms with van der Waals surface area (Å²) in [4.78, 5) is 27.1. The molecule has 3 aliphatic carbocycles. The molecule has 0 spiro atoms. The van der Waals surface area contributed by atoms with Gasteiger partial charge in [-0.05, 0) is 93.8 Å². The van der Waals surface area contributed by atoms with Crippen molar-refractivity contribution >= 4 is 38.6 Å². The predicted molar refractivity (Wildman–Crippen MR) is 176 cm³/mol. The Bertz CT molecular complexity index is 1170. The van der Waals surface area contributed by atoms with Gasteiger partial charge in [0.25, 0.3) is 0 Å². The molecular weight excluding hydrogens is 577 g/mol. The lowest BCUT2D eigenvalue weighted by Crippen LogP contribution is -2.63. The fourth-order valence-electron chi connectivity index (χ4n) is 6.61. The van der Waals surface area contributed by atoms with Crippen LogP contribution < -0.4 is 5.32 Å². The first-order valence-corrected chi connectivity index (χ1v) is 19.7. The van der Waals surface area contributed by atoms with Crippen LogP contribution in [-0.4, -0.2) is 56.7 Å². The molecule has 4 aliphatic rings. The van der Waals surface area contributed by atoms with Crippen LogP contribution in [0.2, 0.25) is 18.1 Å². The van der Waals surface area contributed by atoms with Gasteiger partial charge in [0, 0.05) is 4.88 Å². The molecule has 2 bridgehead atoms. The van der Waals surface area contributed by atoms with E-state index in [1.165, 1.54) is 6.42 Å². The van der Waals surface area contributed by atoms with Gasteiger partial charge in [-0.1, -0.05) is 52.8 Å². The summed E-state index contributed by atoms with van der Waals surface area (Å²) in [7, 11) is -2.73. The Kier molecular flexibility index (Phi) is 9.91. The molecule has 4 fully saturated rings. The maximum atomic E-state index is 13.2. The molecule has 3 saturated carbocycles. The maximum absolute atomic E-state index is 13.2. The van der Waals surface area contributed by atoms with Crippen LogP contribution in [0.15, 0.2) is 29.7 Å². The van der Waals surface area contributed by atoms with E-state index < -0.39 is 27.1 Å². The topological polar surface area (TPSA) is 83.1 Å². The molecule has 1 saturated heterocycles. The van der Waals surface area contributed by atoms with Gasteiger partial charge in [0.15, 0.2) is 8.32 Å². The van der Waals surface area contributed by atoms with Crippen molar-refractivity contribution in [3.8, 4) is 0 Å². The van der Waals surface area contributed by atoms with Crippen LogP contribution >= 0.6 is 11.3 Å². The van der Waals surface area contributed by atoms with Crippen LogP contribution in [0.4, 0.5) is 0 Å². The number of amides is 1. The Balaban J connectivity index is 1.52. The minimum absolute atomic E-state index is 0.0139. The molecule has 1 amide bonds. The summed E-state index contributed by atoms with van der Waals surface area (Å²) in [6.07, 6.45) is 6.65. The molecule has 1 unspecified atom stereocenters. The molecule has 1 N–H and O–H groups in total. The Morgan fingerprint density at radius 2 is 1.91 bits per heavy atom. The first-order chi connectivity index (χ1) is 19.7. The number of nitrogens with one attached hydrogen (secondary N) is 1. The lowest BCUT2D eigenvalue weighted by molar-refractivity contribution is -0.185. The van der Waals surface area contributed by atoms with E-state index in [0.717, 1.165) is 11.3 Å². The first kappa shape index (κ1) is 34.4. The predicted octanol–water partition coefficient (Wildman–Crippen LogP) is 7.11. The summed E-state index contributed by atoms with van der Waals surface area (Å²) in [5.74, 6) is 0.370. The van der Waals surface area contributed by atoms with Crippen molar-refractivity contribution in [1.29, 1.82) is 0 Å². The third-order valence-corrected chi connectivity index (χ3v) is 15.6. The van der Waals surface area contributed by atoms with E-state index in [1.807, 2.05) is 50.4 Å². The van der Waals surface area contributed by atoms with E-state index in [0.29, 0.717) is 24.7 Å². The monoisotopic (exact) mass is 631 g/mol. The van der Waals surface area contributed by atoms with E-state index in [9.17, 15) is 9.59 Å². The van der Waals surface area contributed by atoms with Gasteiger partial charge in [-0.3, -0.25) is 9.59 Å². The summed E-state index contributed by atoms with van der Waals surface area (Å²) in [5.41, 5.74) is -0.672. The molecule has 0 aromatic carbocycles. The molecule has 43 heavy (non-hydrogen) atoms. The van der Waals surface area contributed by atoms with E-state index >= 15 is 0 Å². The fourth-order valence-corrected chi connectivity index (χ4v) is 8.59. The molecule has 1 aliphatic heterocycles. The molecule has 10 heteroatoms. The van der Waals surface area contributed by atoms with Gasteiger partial charge in [0.2, 0.25) is 5.91 Å². The Morgan fingerprint density at radius 1 is 1.21 bits per heavy atom. The Hall–Kier alpha value is -1.46. The number of hydrogen-bond acceptors (Lipinski definition) is 7. The zero-order valence-corrected chi connectivity index (χ0v) is 30.1. The quantitative estimate of drug-likeness (QED) is 0.159. The average Bonchev–Trinajstić information content (AvgIpc) is 3.47. The van der Waals surface area contributed by atoms with Crippen LogP contribution in [0.5, 0.6) is 0 Å². The molecule has 5 rings (SSSR count). The highest BCUT2D eigenvalue weighted by Gasteiger charge is 2.67. The highest BCUT2D eigenvalue weighted by molar-refractivity contribution is 7.10. The van der Waals surface area contributed by atoms with Crippen molar-refractivity contribution in [2.75, 3.05) is 0 Å². The lowest BCUT2D eigenvalue weighted by Gasteiger charge is -2.63. The zero-order chi connectivity index (χ0) is 32.0. The van der Waals surface area contributed by atoms with Crippen LogP contribution in [0.25, 0.3) is 0 Å². The fraction of sp³-hybridized carbons (Fsp3) is 0.758. The van der Waals surface area contributed by atoms with Crippen LogP contribution in [0, 0.1) is 17.3 Å². The van der Waals surface area contributed by atoms with Gasteiger partial charge >= 0.3 is 13.1 Å². The van der Waals surface area contributed by atoms with Crippen molar-refractivity contribution in [2.24, 2.45) is 17.3 Å². The standard InChI is InChI=1S/C33H54BNO6SSi/c1-30(2,3)38-28(37)19-23(40-43(10,11)31(4,5)6)14-12-16-26(35-27(36)20-24-15-13-17-42-24)34-39-29-25-18-22(32(25,7)8)21-33(29,9)41-34/h12-15,17,22-23,25-26,29H,16,18-21H2,1-11H3,(H,35,36)/b14-12-/t22-,23?,25+,26-,29-,33+/m1/s1. The van der Waals surface area contributed by atoms with Gasteiger partial charge < -0.3 is 23.8 Å². The summed E-state index contributed by atoms with van der Waals surface area (Å²) < 4.78 is 25.7. The second kappa shape index (κ2) is 12.4. The minimum Gasteiger partial charge on any atom is -0.460 e. The van der Waals surface area contributed by atoms with E-state index in [4.69, 9.17) is 18.5 Å². The minimum atomic E-state index is -2.18.